The quantitative estimate of drug-likeness (QED) is 0.701. The maximum Gasteiger partial charge on any atom is 0.230 e. The summed E-state index contributed by atoms with van der Waals surface area (Å²) < 4.78 is 31.8. The molecule has 0 saturated heterocycles. The van der Waals surface area contributed by atoms with Crippen molar-refractivity contribution >= 4 is 17.4 Å². The molecule has 0 fully saturated rings. The van der Waals surface area contributed by atoms with E-state index in [9.17, 15) is 18.4 Å². The van der Waals surface area contributed by atoms with Crippen molar-refractivity contribution in [2.45, 2.75) is 13.3 Å². The van der Waals surface area contributed by atoms with E-state index in [0.29, 0.717) is 16.9 Å². The number of nitrogens with one attached hydrogen (secondary N) is 1. The maximum absolute atomic E-state index is 13.8. The molecule has 0 aliphatic heterocycles. The highest BCUT2D eigenvalue weighted by Gasteiger charge is 2.14. The van der Waals surface area contributed by atoms with Crippen molar-refractivity contribution in [2.75, 3.05) is 5.32 Å². The number of benzene rings is 2. The van der Waals surface area contributed by atoms with Gasteiger partial charge in [-0.1, -0.05) is 17.3 Å². The molecule has 0 aliphatic rings. The fourth-order valence-corrected chi connectivity index (χ4v) is 2.40. The predicted molar refractivity (Wildman–Crippen MR) is 90.6 cm³/mol. The van der Waals surface area contributed by atoms with Gasteiger partial charge in [-0.3, -0.25) is 9.59 Å². The van der Waals surface area contributed by atoms with E-state index in [2.05, 4.69) is 10.5 Å². The van der Waals surface area contributed by atoms with Crippen LogP contribution >= 0.6 is 0 Å². The summed E-state index contributed by atoms with van der Waals surface area (Å²) in [5.41, 5.74) is 1.32. The maximum atomic E-state index is 13.8. The summed E-state index contributed by atoms with van der Waals surface area (Å²) in [5.74, 6) is -1.85. The third-order valence-corrected chi connectivity index (χ3v) is 3.65. The van der Waals surface area contributed by atoms with Crippen molar-refractivity contribution in [2.24, 2.45) is 0 Å². The van der Waals surface area contributed by atoms with Gasteiger partial charge in [0.05, 0.1) is 17.7 Å². The van der Waals surface area contributed by atoms with Crippen LogP contribution in [0.1, 0.15) is 23.0 Å². The molecule has 132 valence electrons. The molecule has 3 rings (SSSR count). The van der Waals surface area contributed by atoms with E-state index in [-0.39, 0.29) is 29.4 Å². The smallest absolute Gasteiger partial charge is 0.230 e. The number of aromatic nitrogens is 1. The van der Waals surface area contributed by atoms with Crippen molar-refractivity contribution in [3.63, 3.8) is 0 Å². The average Bonchev–Trinajstić information content (AvgIpc) is 3.03. The summed E-state index contributed by atoms with van der Waals surface area (Å²) in [6.07, 6.45) is -0.101. The lowest BCUT2D eigenvalue weighted by Gasteiger charge is -2.05. The van der Waals surface area contributed by atoms with Crippen molar-refractivity contribution in [1.82, 2.24) is 5.16 Å². The van der Waals surface area contributed by atoms with Gasteiger partial charge in [-0.25, -0.2) is 8.78 Å². The third-order valence-electron chi connectivity index (χ3n) is 3.65. The Morgan fingerprint density at radius 2 is 1.92 bits per heavy atom. The van der Waals surface area contributed by atoms with Crippen molar-refractivity contribution in [1.29, 1.82) is 0 Å². The number of anilines is 1. The third kappa shape index (κ3) is 4.00. The van der Waals surface area contributed by atoms with Crippen LogP contribution in [0.2, 0.25) is 0 Å². The van der Waals surface area contributed by atoms with E-state index >= 15 is 0 Å². The second-order valence-corrected chi connectivity index (χ2v) is 5.67. The Morgan fingerprint density at radius 1 is 1.12 bits per heavy atom. The Labute approximate surface area is 147 Å². The average molecular weight is 356 g/mol. The van der Waals surface area contributed by atoms with E-state index in [0.717, 1.165) is 12.1 Å². The second-order valence-electron chi connectivity index (χ2n) is 5.67. The first kappa shape index (κ1) is 17.5. The standard InChI is InChI=1S/C19H14F2N2O3/c1-11(24)12-3-2-4-14(7-12)22-19(25)10-15-9-18(26-23-15)16-6-5-13(20)8-17(16)21/h2-9H,10H2,1H3,(H,22,25). The molecule has 0 saturated carbocycles. The minimum Gasteiger partial charge on any atom is -0.356 e. The second kappa shape index (κ2) is 7.26. The largest absolute Gasteiger partial charge is 0.356 e. The predicted octanol–water partition coefficient (Wildman–Crippen LogP) is 4.00. The van der Waals surface area contributed by atoms with E-state index in [4.69, 9.17) is 4.52 Å². The molecule has 1 amide bonds. The van der Waals surface area contributed by atoms with E-state index in [1.54, 1.807) is 24.3 Å². The van der Waals surface area contributed by atoms with Crippen molar-refractivity contribution in [3.8, 4) is 11.3 Å². The number of carbonyl (C=O) groups excluding carboxylic acids is 2. The zero-order valence-corrected chi connectivity index (χ0v) is 13.8. The van der Waals surface area contributed by atoms with Gasteiger partial charge in [0.15, 0.2) is 11.5 Å². The number of hydrogen-bond acceptors (Lipinski definition) is 4. The van der Waals surface area contributed by atoms with Gasteiger partial charge >= 0.3 is 0 Å². The van der Waals surface area contributed by atoms with Crippen molar-refractivity contribution < 1.29 is 22.9 Å². The highest BCUT2D eigenvalue weighted by molar-refractivity contribution is 5.97. The summed E-state index contributed by atoms with van der Waals surface area (Å²) in [7, 11) is 0. The number of Topliss-reactive ketones (excluding diaryl/α,β-unsaturated/α-hetero) is 1. The van der Waals surface area contributed by atoms with Gasteiger partial charge in [0.1, 0.15) is 11.6 Å². The van der Waals surface area contributed by atoms with Crippen LogP contribution in [0.4, 0.5) is 14.5 Å². The van der Waals surface area contributed by atoms with Crippen LogP contribution in [0.25, 0.3) is 11.3 Å². The number of nitrogens with zero attached hydrogens (tertiary/aromatic N) is 1. The number of halogens is 2. The molecule has 1 N–H and O–H groups in total. The minimum absolute atomic E-state index is 0.0553. The van der Waals surface area contributed by atoms with E-state index in [1.807, 2.05) is 0 Å². The molecule has 0 spiro atoms. The molecule has 1 aromatic heterocycles. The topological polar surface area (TPSA) is 72.2 Å². The number of hydrogen-bond donors (Lipinski definition) is 1. The van der Waals surface area contributed by atoms with E-state index in [1.165, 1.54) is 19.1 Å². The number of carbonyl (C=O) groups is 2. The lowest BCUT2D eigenvalue weighted by molar-refractivity contribution is -0.115. The molecule has 5 nitrogen and oxygen atoms in total. The Bertz CT molecular complexity index is 982. The van der Waals surface area contributed by atoms with Crippen LogP contribution in [0.15, 0.2) is 53.1 Å². The molecule has 3 aromatic rings. The molecule has 0 aliphatic carbocycles. The summed E-state index contributed by atoms with van der Waals surface area (Å²) >= 11 is 0. The number of amides is 1. The number of ketones is 1. The van der Waals surface area contributed by atoms with Gasteiger partial charge in [0.2, 0.25) is 5.91 Å². The van der Waals surface area contributed by atoms with Crippen LogP contribution in [0.3, 0.4) is 0 Å². The normalized spacial score (nSPS) is 10.6. The van der Waals surface area contributed by atoms with Crippen LogP contribution in [-0.2, 0) is 11.2 Å². The van der Waals surface area contributed by atoms with Crippen LogP contribution < -0.4 is 5.32 Å². The molecule has 7 heteroatoms. The lowest BCUT2D eigenvalue weighted by Crippen LogP contribution is -2.14. The fraction of sp³-hybridized carbons (Fsp3) is 0.105. The van der Waals surface area contributed by atoms with E-state index < -0.39 is 11.6 Å². The summed E-state index contributed by atoms with van der Waals surface area (Å²) in [6.45, 7) is 1.44. The van der Waals surface area contributed by atoms with Gasteiger partial charge in [-0.15, -0.1) is 0 Å². The SMILES string of the molecule is CC(=O)c1cccc(NC(=O)Cc2cc(-c3ccc(F)cc3F)on2)c1. The first-order chi connectivity index (χ1) is 12.4. The Balaban J connectivity index is 1.70. The summed E-state index contributed by atoms with van der Waals surface area (Å²) in [6, 6.07) is 11.1. The molecule has 2 aromatic carbocycles. The monoisotopic (exact) mass is 356 g/mol. The fourth-order valence-electron chi connectivity index (χ4n) is 2.40. The van der Waals surface area contributed by atoms with Gasteiger partial charge < -0.3 is 9.84 Å². The molecule has 26 heavy (non-hydrogen) atoms. The Morgan fingerprint density at radius 3 is 2.65 bits per heavy atom. The Kier molecular flexibility index (Phi) is 4.88. The molecular formula is C19H14F2N2O3. The van der Waals surface area contributed by atoms with Gasteiger partial charge in [-0.2, -0.15) is 0 Å². The highest BCUT2D eigenvalue weighted by atomic mass is 19.1. The summed E-state index contributed by atoms with van der Waals surface area (Å²) in [5, 5.41) is 6.39. The first-order valence-corrected chi connectivity index (χ1v) is 7.74. The zero-order chi connectivity index (χ0) is 18.7. The minimum atomic E-state index is -0.779. The van der Waals surface area contributed by atoms with Crippen LogP contribution in [-0.4, -0.2) is 16.8 Å². The van der Waals surface area contributed by atoms with Gasteiger partial charge in [0.25, 0.3) is 0 Å². The van der Waals surface area contributed by atoms with Crippen molar-refractivity contribution in [3.05, 3.63) is 71.4 Å². The molecule has 0 atom stereocenters. The molecule has 0 unspecified atom stereocenters. The van der Waals surface area contributed by atoms with Crippen LogP contribution in [0, 0.1) is 11.6 Å². The summed E-state index contributed by atoms with van der Waals surface area (Å²) in [4.78, 5) is 23.5. The number of rotatable bonds is 5. The Hall–Kier alpha value is -3.35. The molecule has 1 heterocycles. The van der Waals surface area contributed by atoms with Gasteiger partial charge in [-0.05, 0) is 31.2 Å². The molecular weight excluding hydrogens is 342 g/mol. The first-order valence-electron chi connectivity index (χ1n) is 7.74. The molecule has 0 bridgehead atoms. The van der Waals surface area contributed by atoms with Gasteiger partial charge in [0, 0.05) is 23.4 Å². The lowest BCUT2D eigenvalue weighted by atomic mass is 10.1. The molecule has 0 radical (unpaired) electrons. The highest BCUT2D eigenvalue weighted by Crippen LogP contribution is 2.24. The van der Waals surface area contributed by atoms with Crippen LogP contribution in [0.5, 0.6) is 0 Å². The zero-order valence-electron chi connectivity index (χ0n) is 13.8.